The monoisotopic (exact) mass is 294 g/mol. The van der Waals surface area contributed by atoms with Gasteiger partial charge in [-0.3, -0.25) is 0 Å². The van der Waals surface area contributed by atoms with E-state index in [1.54, 1.807) is 0 Å². The van der Waals surface area contributed by atoms with Crippen molar-refractivity contribution in [3.05, 3.63) is 59.7 Å². The summed E-state index contributed by atoms with van der Waals surface area (Å²) in [5, 5.41) is 19.2. The fraction of sp³-hybridized carbons (Fsp3) is 0.167. The summed E-state index contributed by atoms with van der Waals surface area (Å²) in [6.07, 6.45) is -1.01. The van der Waals surface area contributed by atoms with Gasteiger partial charge in [0.1, 0.15) is 0 Å². The zero-order valence-electron chi connectivity index (χ0n) is 12.4. The molecule has 0 aliphatic carbocycles. The number of benzene rings is 3. The Bertz CT molecular complexity index is 786. The van der Waals surface area contributed by atoms with Crippen LogP contribution in [0, 0.1) is 0 Å². The van der Waals surface area contributed by atoms with Crippen molar-refractivity contribution >= 4 is 27.6 Å². The summed E-state index contributed by atoms with van der Waals surface area (Å²) >= 11 is 0. The van der Waals surface area contributed by atoms with Crippen LogP contribution in [0.5, 0.6) is 0 Å². The summed E-state index contributed by atoms with van der Waals surface area (Å²) in [7, 11) is 1.93. The van der Waals surface area contributed by atoms with Gasteiger partial charge in [-0.2, -0.15) is 0 Å². The average molecular weight is 294 g/mol. The molecule has 3 aromatic carbocycles. The molecule has 0 fully saturated rings. The molecule has 0 radical (unpaired) electrons. The van der Waals surface area contributed by atoms with E-state index in [9.17, 15) is 4.79 Å². The fourth-order valence-corrected chi connectivity index (χ4v) is 3.03. The third kappa shape index (κ3) is 2.49. The molecule has 0 aromatic heterocycles. The quantitative estimate of drug-likeness (QED) is 0.646. The molecule has 22 heavy (non-hydrogen) atoms. The molecule has 0 heterocycles. The van der Waals surface area contributed by atoms with E-state index >= 15 is 0 Å². The van der Waals surface area contributed by atoms with Crippen molar-refractivity contribution in [2.75, 3.05) is 7.05 Å². The molecule has 0 saturated carbocycles. The van der Waals surface area contributed by atoms with E-state index in [1.165, 1.54) is 5.56 Å². The number of nitrogens with one attached hydrogen (secondary N) is 2. The predicted octanol–water partition coefficient (Wildman–Crippen LogP) is 3.48. The largest absolute Gasteiger partial charge is 0.465 e. The molecule has 0 aliphatic rings. The average Bonchev–Trinajstić information content (AvgIpc) is 2.54. The van der Waals surface area contributed by atoms with Gasteiger partial charge in [0, 0.05) is 13.1 Å². The summed E-state index contributed by atoms with van der Waals surface area (Å²) in [6, 6.07) is 16.3. The Balaban J connectivity index is 2.35. The molecule has 3 rings (SSSR count). The summed E-state index contributed by atoms with van der Waals surface area (Å²) in [5.74, 6) is 0. The molecule has 0 unspecified atom stereocenters. The number of rotatable bonds is 4. The predicted molar refractivity (Wildman–Crippen MR) is 89.1 cm³/mol. The van der Waals surface area contributed by atoms with Gasteiger partial charge in [-0.15, -0.1) is 0 Å². The smallest absolute Gasteiger partial charge is 0.404 e. The van der Waals surface area contributed by atoms with Gasteiger partial charge in [0.15, 0.2) is 0 Å². The van der Waals surface area contributed by atoms with Gasteiger partial charge >= 0.3 is 6.09 Å². The van der Waals surface area contributed by atoms with Gasteiger partial charge in [0.2, 0.25) is 0 Å². The van der Waals surface area contributed by atoms with Gasteiger partial charge in [-0.1, -0.05) is 48.5 Å². The maximum absolute atomic E-state index is 10.9. The molecule has 4 heteroatoms. The Labute approximate surface area is 128 Å². The first kappa shape index (κ1) is 14.4. The topological polar surface area (TPSA) is 61.4 Å². The Morgan fingerprint density at radius 1 is 0.864 bits per heavy atom. The van der Waals surface area contributed by atoms with E-state index in [1.807, 2.05) is 31.3 Å². The van der Waals surface area contributed by atoms with Gasteiger partial charge < -0.3 is 15.7 Å². The van der Waals surface area contributed by atoms with E-state index in [-0.39, 0.29) is 0 Å². The van der Waals surface area contributed by atoms with Gasteiger partial charge in [-0.25, -0.2) is 4.79 Å². The first-order valence-electron chi connectivity index (χ1n) is 7.25. The molecular formula is C18H18N2O2. The zero-order chi connectivity index (χ0) is 15.5. The highest BCUT2D eigenvalue weighted by molar-refractivity contribution is 6.05. The first-order chi connectivity index (χ1) is 10.7. The molecule has 112 valence electrons. The number of amides is 1. The van der Waals surface area contributed by atoms with Crippen LogP contribution in [-0.2, 0) is 13.1 Å². The van der Waals surface area contributed by atoms with Crippen molar-refractivity contribution < 1.29 is 9.90 Å². The zero-order valence-corrected chi connectivity index (χ0v) is 12.4. The van der Waals surface area contributed by atoms with Gasteiger partial charge in [0.25, 0.3) is 0 Å². The van der Waals surface area contributed by atoms with Gasteiger partial charge in [0.05, 0.1) is 0 Å². The molecule has 1 amide bonds. The lowest BCUT2D eigenvalue weighted by Crippen LogP contribution is -2.20. The second-order valence-electron chi connectivity index (χ2n) is 5.24. The van der Waals surface area contributed by atoms with Crippen LogP contribution in [0.25, 0.3) is 21.5 Å². The Morgan fingerprint density at radius 2 is 1.27 bits per heavy atom. The summed E-state index contributed by atoms with van der Waals surface area (Å²) in [6.45, 7) is 1.07. The minimum Gasteiger partial charge on any atom is -0.465 e. The maximum Gasteiger partial charge on any atom is 0.404 e. The third-order valence-corrected chi connectivity index (χ3v) is 3.92. The summed E-state index contributed by atoms with van der Waals surface area (Å²) in [4.78, 5) is 10.9. The van der Waals surface area contributed by atoms with Crippen molar-refractivity contribution in [3.63, 3.8) is 0 Å². The number of hydrogen-bond donors (Lipinski definition) is 3. The van der Waals surface area contributed by atoms with E-state index < -0.39 is 6.09 Å². The van der Waals surface area contributed by atoms with Crippen molar-refractivity contribution in [3.8, 4) is 0 Å². The Kier molecular flexibility index (Phi) is 3.94. The van der Waals surface area contributed by atoms with Crippen LogP contribution in [0.1, 0.15) is 11.1 Å². The van der Waals surface area contributed by atoms with Crippen LogP contribution in [0.3, 0.4) is 0 Å². The number of carbonyl (C=O) groups is 1. The molecule has 3 N–H and O–H groups in total. The minimum absolute atomic E-state index is 0.302. The van der Waals surface area contributed by atoms with Crippen LogP contribution < -0.4 is 10.6 Å². The van der Waals surface area contributed by atoms with Crippen molar-refractivity contribution in [1.29, 1.82) is 0 Å². The Hall–Kier alpha value is -2.59. The fourth-order valence-electron chi connectivity index (χ4n) is 3.03. The summed E-state index contributed by atoms with van der Waals surface area (Å²) in [5.41, 5.74) is 2.27. The van der Waals surface area contributed by atoms with E-state index in [0.717, 1.165) is 33.7 Å². The Morgan fingerprint density at radius 3 is 1.64 bits per heavy atom. The van der Waals surface area contributed by atoms with E-state index in [2.05, 4.69) is 34.9 Å². The second-order valence-corrected chi connectivity index (χ2v) is 5.24. The highest BCUT2D eigenvalue weighted by Gasteiger charge is 2.13. The minimum atomic E-state index is -1.01. The highest BCUT2D eigenvalue weighted by atomic mass is 16.4. The molecule has 0 spiro atoms. The van der Waals surface area contributed by atoms with Gasteiger partial charge in [-0.05, 0) is 39.7 Å². The van der Waals surface area contributed by atoms with Crippen LogP contribution >= 0.6 is 0 Å². The molecule has 3 aromatic rings. The first-order valence-corrected chi connectivity index (χ1v) is 7.25. The highest BCUT2D eigenvalue weighted by Crippen LogP contribution is 2.32. The van der Waals surface area contributed by atoms with Crippen molar-refractivity contribution in [2.24, 2.45) is 0 Å². The lowest BCUT2D eigenvalue weighted by Gasteiger charge is -2.16. The second kappa shape index (κ2) is 6.03. The van der Waals surface area contributed by atoms with Crippen LogP contribution in [0.15, 0.2) is 48.5 Å². The van der Waals surface area contributed by atoms with Crippen LogP contribution in [0.4, 0.5) is 4.79 Å². The summed E-state index contributed by atoms with van der Waals surface area (Å²) < 4.78 is 0. The third-order valence-electron chi connectivity index (χ3n) is 3.92. The van der Waals surface area contributed by atoms with Crippen molar-refractivity contribution in [2.45, 2.75) is 13.1 Å². The number of carboxylic acid groups (broad SMARTS) is 1. The molecule has 0 bridgehead atoms. The van der Waals surface area contributed by atoms with E-state index in [4.69, 9.17) is 5.11 Å². The number of fused-ring (bicyclic) bond motifs is 2. The van der Waals surface area contributed by atoms with E-state index in [0.29, 0.717) is 6.54 Å². The lowest BCUT2D eigenvalue weighted by atomic mass is 9.91. The molecule has 4 nitrogen and oxygen atoms in total. The van der Waals surface area contributed by atoms with Crippen molar-refractivity contribution in [1.82, 2.24) is 10.6 Å². The van der Waals surface area contributed by atoms with Crippen LogP contribution in [-0.4, -0.2) is 18.2 Å². The standard InChI is InChI=1S/C18H18N2O2/c1-19-10-16-12-6-2-4-8-14(12)17(11-20-18(21)22)15-9-5-3-7-13(15)16/h2-9,19-20H,10-11H2,1H3,(H,21,22). The molecule has 0 atom stereocenters. The molecule has 0 saturated heterocycles. The van der Waals surface area contributed by atoms with Crippen LogP contribution in [0.2, 0.25) is 0 Å². The maximum atomic E-state index is 10.9. The molecule has 0 aliphatic heterocycles. The SMILES string of the molecule is CNCc1c2ccccc2c(CNC(=O)O)c2ccccc12. The normalized spacial score (nSPS) is 11.0. The molecular weight excluding hydrogens is 276 g/mol. The lowest BCUT2D eigenvalue weighted by molar-refractivity contribution is 0.194. The number of hydrogen-bond acceptors (Lipinski definition) is 2.